The van der Waals surface area contributed by atoms with Crippen molar-refractivity contribution in [1.29, 1.82) is 0 Å². The normalized spacial score (nSPS) is 20.1. The van der Waals surface area contributed by atoms with Crippen LogP contribution in [0.1, 0.15) is 18.2 Å². The summed E-state index contributed by atoms with van der Waals surface area (Å²) >= 11 is 0. The Bertz CT molecular complexity index is 606. The van der Waals surface area contributed by atoms with E-state index in [4.69, 9.17) is 9.15 Å². The third-order valence-electron chi connectivity index (χ3n) is 3.32. The highest BCUT2D eigenvalue weighted by molar-refractivity contribution is 5.80. The van der Waals surface area contributed by atoms with Crippen LogP contribution in [0.15, 0.2) is 28.7 Å². The van der Waals surface area contributed by atoms with Crippen LogP contribution in [0.25, 0.3) is 11.0 Å². The van der Waals surface area contributed by atoms with E-state index in [2.05, 4.69) is 10.6 Å². The molecule has 0 spiro atoms. The van der Waals surface area contributed by atoms with Crippen LogP contribution in [0.3, 0.4) is 0 Å². The first kappa shape index (κ1) is 12.0. The van der Waals surface area contributed by atoms with E-state index in [1.54, 1.807) is 7.11 Å². The van der Waals surface area contributed by atoms with Crippen molar-refractivity contribution in [3.05, 3.63) is 30.0 Å². The molecule has 1 aliphatic rings. The van der Waals surface area contributed by atoms with Gasteiger partial charge in [0.05, 0.1) is 13.2 Å². The molecule has 1 amide bonds. The van der Waals surface area contributed by atoms with Crippen molar-refractivity contribution in [3.8, 4) is 5.75 Å². The van der Waals surface area contributed by atoms with Gasteiger partial charge in [-0.2, -0.15) is 0 Å². The van der Waals surface area contributed by atoms with Gasteiger partial charge in [-0.15, -0.1) is 0 Å². The number of methoxy groups -OCH3 is 1. The van der Waals surface area contributed by atoms with Crippen molar-refractivity contribution < 1.29 is 13.9 Å². The van der Waals surface area contributed by atoms with Gasteiger partial charge >= 0.3 is 0 Å². The zero-order valence-corrected chi connectivity index (χ0v) is 10.7. The number of hydrogen-bond acceptors (Lipinski definition) is 4. The van der Waals surface area contributed by atoms with Crippen LogP contribution in [0.5, 0.6) is 5.75 Å². The Morgan fingerprint density at radius 2 is 2.21 bits per heavy atom. The highest BCUT2D eigenvalue weighted by atomic mass is 16.5. The van der Waals surface area contributed by atoms with E-state index in [0.717, 1.165) is 29.0 Å². The van der Waals surface area contributed by atoms with Gasteiger partial charge in [-0.3, -0.25) is 4.79 Å². The van der Waals surface area contributed by atoms with E-state index >= 15 is 0 Å². The number of furan rings is 1. The lowest BCUT2D eigenvalue weighted by Gasteiger charge is -2.10. The topological polar surface area (TPSA) is 63.5 Å². The molecule has 1 saturated heterocycles. The third-order valence-corrected chi connectivity index (χ3v) is 3.32. The first-order valence-electron chi connectivity index (χ1n) is 6.34. The van der Waals surface area contributed by atoms with Gasteiger partial charge in [0.1, 0.15) is 17.1 Å². The van der Waals surface area contributed by atoms with Crippen LogP contribution in [-0.4, -0.2) is 26.1 Å². The lowest BCUT2D eigenvalue weighted by atomic mass is 10.1. The van der Waals surface area contributed by atoms with Crippen LogP contribution < -0.4 is 15.4 Å². The number of carbonyl (C=O) groups excluding carboxylic acids is 1. The molecule has 1 fully saturated rings. The zero-order valence-electron chi connectivity index (χ0n) is 10.7. The number of rotatable bonds is 2. The zero-order chi connectivity index (χ0) is 13.2. The minimum absolute atomic E-state index is 0.0491. The molecule has 3 rings (SSSR count). The lowest BCUT2D eigenvalue weighted by Crippen LogP contribution is -2.24. The molecule has 0 aliphatic carbocycles. The molecule has 2 heterocycles. The number of hydrogen-bond donors (Lipinski definition) is 2. The summed E-state index contributed by atoms with van der Waals surface area (Å²) < 4.78 is 11.0. The molecule has 5 heteroatoms. The molecule has 1 atom stereocenters. The Kier molecular flexibility index (Phi) is 3.13. The van der Waals surface area contributed by atoms with Gasteiger partial charge in [0.15, 0.2) is 0 Å². The van der Waals surface area contributed by atoms with Gasteiger partial charge in [0, 0.05) is 31.0 Å². The predicted octanol–water partition coefficient (Wildman–Crippen LogP) is 1.59. The van der Waals surface area contributed by atoms with E-state index in [9.17, 15) is 4.79 Å². The number of benzene rings is 1. The third kappa shape index (κ3) is 2.42. The lowest BCUT2D eigenvalue weighted by molar-refractivity contribution is -0.121. The molecule has 1 aliphatic heterocycles. The average Bonchev–Trinajstić information content (AvgIpc) is 2.72. The fraction of sp³-hybridized carbons (Fsp3) is 0.357. The number of nitrogens with one attached hydrogen (secondary N) is 2. The van der Waals surface area contributed by atoms with E-state index in [-0.39, 0.29) is 11.9 Å². The van der Waals surface area contributed by atoms with Crippen molar-refractivity contribution in [2.75, 3.05) is 20.2 Å². The van der Waals surface area contributed by atoms with Crippen molar-refractivity contribution in [2.45, 2.75) is 12.5 Å². The van der Waals surface area contributed by atoms with Gasteiger partial charge in [-0.05, 0) is 18.2 Å². The summed E-state index contributed by atoms with van der Waals surface area (Å²) in [5, 5.41) is 7.16. The number of ether oxygens (including phenoxy) is 1. The first-order valence-corrected chi connectivity index (χ1v) is 6.34. The van der Waals surface area contributed by atoms with E-state index in [1.807, 2.05) is 24.3 Å². The largest absolute Gasteiger partial charge is 0.497 e. The Hall–Kier alpha value is -2.01. The summed E-state index contributed by atoms with van der Waals surface area (Å²) in [5.74, 6) is 1.60. The summed E-state index contributed by atoms with van der Waals surface area (Å²) in [4.78, 5) is 11.6. The van der Waals surface area contributed by atoms with Crippen molar-refractivity contribution >= 4 is 16.9 Å². The standard InChI is InChI=1S/C14H16N2O3/c1-18-10-3-2-9-6-13(19-12(9)7-10)11-8-14(17)16-5-4-15-11/h2-3,6-7,11,15H,4-5,8H2,1H3,(H,16,17). The smallest absolute Gasteiger partial charge is 0.222 e. The molecule has 0 saturated carbocycles. The molecule has 100 valence electrons. The van der Waals surface area contributed by atoms with Crippen LogP contribution in [0.2, 0.25) is 0 Å². The minimum atomic E-state index is -0.0686. The summed E-state index contributed by atoms with van der Waals surface area (Å²) in [6, 6.07) is 7.62. The fourth-order valence-corrected chi connectivity index (χ4v) is 2.31. The van der Waals surface area contributed by atoms with Crippen molar-refractivity contribution in [1.82, 2.24) is 10.6 Å². The van der Waals surface area contributed by atoms with Gasteiger partial charge in [0.2, 0.25) is 5.91 Å². The molecule has 2 N–H and O–H groups in total. The molecular weight excluding hydrogens is 244 g/mol. The monoisotopic (exact) mass is 260 g/mol. The minimum Gasteiger partial charge on any atom is -0.497 e. The summed E-state index contributed by atoms with van der Waals surface area (Å²) in [6.07, 6.45) is 0.400. The van der Waals surface area contributed by atoms with E-state index in [0.29, 0.717) is 13.0 Å². The molecule has 2 aromatic rings. The maximum atomic E-state index is 11.6. The Labute approximate surface area is 110 Å². The molecule has 1 aromatic carbocycles. The highest BCUT2D eigenvalue weighted by Crippen LogP contribution is 2.28. The molecular formula is C14H16N2O3. The van der Waals surface area contributed by atoms with Crippen LogP contribution >= 0.6 is 0 Å². The van der Waals surface area contributed by atoms with Crippen molar-refractivity contribution in [3.63, 3.8) is 0 Å². The summed E-state index contributed by atoms with van der Waals surface area (Å²) in [7, 11) is 1.63. The van der Waals surface area contributed by atoms with Crippen LogP contribution in [0.4, 0.5) is 0 Å². The highest BCUT2D eigenvalue weighted by Gasteiger charge is 2.21. The van der Waals surface area contributed by atoms with Crippen molar-refractivity contribution in [2.24, 2.45) is 0 Å². The predicted molar refractivity (Wildman–Crippen MR) is 71.1 cm³/mol. The fourth-order valence-electron chi connectivity index (χ4n) is 2.31. The quantitative estimate of drug-likeness (QED) is 0.860. The molecule has 0 bridgehead atoms. The SMILES string of the molecule is COc1ccc2cc(C3CC(=O)NCCN3)oc2c1. The van der Waals surface area contributed by atoms with Crippen LogP contribution in [-0.2, 0) is 4.79 Å². The maximum absolute atomic E-state index is 11.6. The summed E-state index contributed by atoms with van der Waals surface area (Å²) in [6.45, 7) is 1.40. The molecule has 1 unspecified atom stereocenters. The van der Waals surface area contributed by atoms with E-state index in [1.165, 1.54) is 0 Å². The first-order chi connectivity index (χ1) is 9.26. The van der Waals surface area contributed by atoms with Crippen LogP contribution in [0, 0.1) is 0 Å². The number of fused-ring (bicyclic) bond motifs is 1. The van der Waals surface area contributed by atoms with E-state index < -0.39 is 0 Å². The Morgan fingerprint density at radius 1 is 1.32 bits per heavy atom. The second-order valence-corrected chi connectivity index (χ2v) is 4.61. The molecule has 0 radical (unpaired) electrons. The molecule has 5 nitrogen and oxygen atoms in total. The molecule has 1 aromatic heterocycles. The van der Waals surface area contributed by atoms with Gasteiger partial charge in [-0.25, -0.2) is 0 Å². The molecule has 19 heavy (non-hydrogen) atoms. The average molecular weight is 260 g/mol. The Balaban J connectivity index is 1.93. The second-order valence-electron chi connectivity index (χ2n) is 4.61. The second kappa shape index (κ2) is 4.93. The summed E-state index contributed by atoms with van der Waals surface area (Å²) in [5.41, 5.74) is 0.779. The number of amides is 1. The number of carbonyl (C=O) groups is 1. The Morgan fingerprint density at radius 3 is 3.05 bits per heavy atom. The maximum Gasteiger partial charge on any atom is 0.222 e. The van der Waals surface area contributed by atoms with Gasteiger partial charge < -0.3 is 19.8 Å². The van der Waals surface area contributed by atoms with Gasteiger partial charge in [-0.1, -0.05) is 0 Å². The van der Waals surface area contributed by atoms with Gasteiger partial charge in [0.25, 0.3) is 0 Å².